The second-order valence-corrected chi connectivity index (χ2v) is 3.97. The summed E-state index contributed by atoms with van der Waals surface area (Å²) in [5.41, 5.74) is 1.09. The van der Waals surface area contributed by atoms with Gasteiger partial charge in [-0.15, -0.1) is 0 Å². The number of aldehydes is 1. The molecule has 0 saturated carbocycles. The first-order valence-electron chi connectivity index (χ1n) is 5.77. The lowest BCUT2D eigenvalue weighted by atomic mass is 10.0. The molecule has 0 radical (unpaired) electrons. The van der Waals surface area contributed by atoms with E-state index >= 15 is 0 Å². The van der Waals surface area contributed by atoms with Crippen molar-refractivity contribution in [2.45, 2.75) is 0 Å². The Morgan fingerprint density at radius 2 is 1.74 bits per heavy atom. The van der Waals surface area contributed by atoms with Crippen molar-refractivity contribution in [2.24, 2.45) is 0 Å². The Morgan fingerprint density at radius 3 is 2.42 bits per heavy atom. The van der Waals surface area contributed by atoms with Gasteiger partial charge in [0.15, 0.2) is 12.1 Å². The third-order valence-electron chi connectivity index (χ3n) is 2.67. The molecule has 0 atom stereocenters. The fraction of sp³-hybridized carbons (Fsp3) is 0. The van der Waals surface area contributed by atoms with Gasteiger partial charge in [-0.05, 0) is 17.7 Å². The Morgan fingerprint density at radius 1 is 1.00 bits per heavy atom. The van der Waals surface area contributed by atoms with Gasteiger partial charge in [0.25, 0.3) is 0 Å². The third kappa shape index (κ3) is 2.96. The molecule has 0 spiro atoms. The molecule has 19 heavy (non-hydrogen) atoms. The van der Waals surface area contributed by atoms with Crippen LogP contribution in [0.25, 0.3) is 6.08 Å². The molecule has 0 amide bonds. The summed E-state index contributed by atoms with van der Waals surface area (Å²) < 4.78 is 0. The molecule has 94 valence electrons. The van der Waals surface area contributed by atoms with Gasteiger partial charge in [-0.2, -0.15) is 0 Å². The first-order chi connectivity index (χ1) is 9.22. The Labute approximate surface area is 110 Å². The normalized spacial score (nSPS) is 10.5. The topological polar surface area (TPSA) is 54.4 Å². The molecule has 0 bridgehead atoms. The van der Waals surface area contributed by atoms with Crippen LogP contribution in [-0.2, 0) is 0 Å². The van der Waals surface area contributed by atoms with Gasteiger partial charge in [-0.3, -0.25) is 9.59 Å². The highest BCUT2D eigenvalue weighted by atomic mass is 16.3. The van der Waals surface area contributed by atoms with Crippen LogP contribution in [-0.4, -0.2) is 17.2 Å². The summed E-state index contributed by atoms with van der Waals surface area (Å²) in [6.07, 6.45) is 3.55. The van der Waals surface area contributed by atoms with E-state index in [2.05, 4.69) is 0 Å². The summed E-state index contributed by atoms with van der Waals surface area (Å²) in [7, 11) is 0. The van der Waals surface area contributed by atoms with Gasteiger partial charge in [0, 0.05) is 5.56 Å². The Balaban J connectivity index is 2.31. The molecular formula is C16H12O3. The van der Waals surface area contributed by atoms with E-state index in [1.165, 1.54) is 24.3 Å². The number of ketones is 1. The first-order valence-corrected chi connectivity index (χ1v) is 5.77. The lowest BCUT2D eigenvalue weighted by Crippen LogP contribution is -2.00. The molecule has 2 rings (SSSR count). The Bertz CT molecular complexity index is 628. The van der Waals surface area contributed by atoms with E-state index in [4.69, 9.17) is 0 Å². The van der Waals surface area contributed by atoms with E-state index in [9.17, 15) is 14.7 Å². The fourth-order valence-corrected chi connectivity index (χ4v) is 1.74. The molecule has 0 aliphatic rings. The number of rotatable bonds is 4. The molecule has 0 fully saturated rings. The van der Waals surface area contributed by atoms with Gasteiger partial charge in [-0.1, -0.05) is 48.5 Å². The van der Waals surface area contributed by atoms with Crippen molar-refractivity contribution in [3.05, 3.63) is 71.3 Å². The number of phenols is 1. The molecule has 2 aromatic rings. The van der Waals surface area contributed by atoms with E-state index in [-0.39, 0.29) is 16.9 Å². The average Bonchev–Trinajstić information content (AvgIpc) is 2.45. The zero-order chi connectivity index (χ0) is 13.7. The second kappa shape index (κ2) is 5.78. The minimum atomic E-state index is -0.399. The highest BCUT2D eigenvalue weighted by Crippen LogP contribution is 2.21. The van der Waals surface area contributed by atoms with Crippen LogP contribution in [0.2, 0.25) is 0 Å². The summed E-state index contributed by atoms with van der Waals surface area (Å²) in [6, 6.07) is 13.7. The lowest BCUT2D eigenvalue weighted by Gasteiger charge is -2.03. The van der Waals surface area contributed by atoms with Gasteiger partial charge in [0.1, 0.15) is 5.75 Å². The SMILES string of the molecule is O=Cc1cccc(O)c1C(=O)C=Cc1ccccc1. The number of aromatic hydroxyl groups is 1. The average molecular weight is 252 g/mol. The molecule has 0 aromatic heterocycles. The molecular weight excluding hydrogens is 240 g/mol. The number of allylic oxidation sites excluding steroid dienone is 1. The van der Waals surface area contributed by atoms with E-state index in [1.807, 2.05) is 30.3 Å². The van der Waals surface area contributed by atoms with E-state index in [0.29, 0.717) is 6.29 Å². The van der Waals surface area contributed by atoms with E-state index in [1.54, 1.807) is 6.08 Å². The van der Waals surface area contributed by atoms with Gasteiger partial charge in [-0.25, -0.2) is 0 Å². The van der Waals surface area contributed by atoms with Crippen molar-refractivity contribution in [3.8, 4) is 5.75 Å². The number of phenolic OH excluding ortho intramolecular Hbond substituents is 1. The van der Waals surface area contributed by atoms with Crippen molar-refractivity contribution >= 4 is 18.1 Å². The fourth-order valence-electron chi connectivity index (χ4n) is 1.74. The Hall–Kier alpha value is -2.68. The monoisotopic (exact) mass is 252 g/mol. The van der Waals surface area contributed by atoms with Crippen LogP contribution in [0.4, 0.5) is 0 Å². The molecule has 3 nitrogen and oxygen atoms in total. The second-order valence-electron chi connectivity index (χ2n) is 3.97. The van der Waals surface area contributed by atoms with Crippen LogP contribution in [0.1, 0.15) is 26.3 Å². The van der Waals surface area contributed by atoms with E-state index < -0.39 is 5.78 Å². The molecule has 3 heteroatoms. The molecule has 0 heterocycles. The summed E-state index contributed by atoms with van der Waals surface area (Å²) in [5.74, 6) is -0.587. The summed E-state index contributed by atoms with van der Waals surface area (Å²) >= 11 is 0. The summed E-state index contributed by atoms with van der Waals surface area (Å²) in [6.45, 7) is 0. The van der Waals surface area contributed by atoms with Gasteiger partial charge < -0.3 is 5.11 Å². The summed E-state index contributed by atoms with van der Waals surface area (Å²) in [4.78, 5) is 22.9. The van der Waals surface area contributed by atoms with Crippen molar-refractivity contribution in [2.75, 3.05) is 0 Å². The van der Waals surface area contributed by atoms with Crippen molar-refractivity contribution in [1.82, 2.24) is 0 Å². The van der Waals surface area contributed by atoms with Crippen molar-refractivity contribution in [3.63, 3.8) is 0 Å². The molecule has 0 aliphatic heterocycles. The van der Waals surface area contributed by atoms with E-state index in [0.717, 1.165) is 5.56 Å². The Kier molecular flexibility index (Phi) is 3.88. The number of carbonyl (C=O) groups is 2. The maximum atomic E-state index is 12.0. The zero-order valence-corrected chi connectivity index (χ0v) is 10.1. The molecule has 0 saturated heterocycles. The summed E-state index contributed by atoms with van der Waals surface area (Å²) in [5, 5.41) is 9.68. The molecule has 1 N–H and O–H groups in total. The van der Waals surface area contributed by atoms with Crippen molar-refractivity contribution in [1.29, 1.82) is 0 Å². The first kappa shape index (κ1) is 12.8. The van der Waals surface area contributed by atoms with Gasteiger partial charge in [0.05, 0.1) is 5.56 Å². The lowest BCUT2D eigenvalue weighted by molar-refractivity contribution is 0.103. The number of hydrogen-bond acceptors (Lipinski definition) is 3. The van der Waals surface area contributed by atoms with Gasteiger partial charge >= 0.3 is 0 Å². The number of carbonyl (C=O) groups excluding carboxylic acids is 2. The van der Waals surface area contributed by atoms with Crippen LogP contribution in [0, 0.1) is 0 Å². The zero-order valence-electron chi connectivity index (χ0n) is 10.1. The predicted molar refractivity (Wildman–Crippen MR) is 73.3 cm³/mol. The van der Waals surface area contributed by atoms with Crippen LogP contribution in [0.5, 0.6) is 5.75 Å². The predicted octanol–water partition coefficient (Wildman–Crippen LogP) is 3.10. The maximum Gasteiger partial charge on any atom is 0.190 e. The third-order valence-corrected chi connectivity index (χ3v) is 2.67. The maximum absolute atomic E-state index is 12.0. The minimum absolute atomic E-state index is 0.0321. The largest absolute Gasteiger partial charge is 0.507 e. The smallest absolute Gasteiger partial charge is 0.190 e. The van der Waals surface area contributed by atoms with Crippen molar-refractivity contribution < 1.29 is 14.7 Å². The number of hydrogen-bond donors (Lipinski definition) is 1. The molecule has 2 aromatic carbocycles. The number of benzene rings is 2. The quantitative estimate of drug-likeness (QED) is 0.517. The highest BCUT2D eigenvalue weighted by Gasteiger charge is 2.13. The van der Waals surface area contributed by atoms with Gasteiger partial charge in [0.2, 0.25) is 0 Å². The van der Waals surface area contributed by atoms with Crippen LogP contribution >= 0.6 is 0 Å². The molecule has 0 unspecified atom stereocenters. The van der Waals surface area contributed by atoms with Crippen LogP contribution in [0.15, 0.2) is 54.6 Å². The van der Waals surface area contributed by atoms with Crippen LogP contribution < -0.4 is 0 Å². The highest BCUT2D eigenvalue weighted by molar-refractivity contribution is 6.12. The molecule has 0 aliphatic carbocycles. The van der Waals surface area contributed by atoms with Crippen LogP contribution in [0.3, 0.4) is 0 Å². The standard InChI is InChI=1S/C16H12O3/c17-11-13-7-4-8-14(18)16(13)15(19)10-9-12-5-2-1-3-6-12/h1-11,18H. The minimum Gasteiger partial charge on any atom is -0.507 e.